The summed E-state index contributed by atoms with van der Waals surface area (Å²) in [5, 5.41) is 10.5. The average Bonchev–Trinajstić information content (AvgIpc) is 2.46. The Morgan fingerprint density at radius 1 is 1.29 bits per heavy atom. The highest BCUT2D eigenvalue weighted by Gasteiger charge is 2.21. The fraction of sp³-hybridized carbons (Fsp3) is 0.294. The lowest BCUT2D eigenvalue weighted by molar-refractivity contribution is 0.212. The van der Waals surface area contributed by atoms with Crippen molar-refractivity contribution in [3.05, 3.63) is 63.4 Å². The molecule has 0 fully saturated rings. The predicted molar refractivity (Wildman–Crippen MR) is 85.1 cm³/mol. The number of ether oxygens (including phenoxy) is 1. The van der Waals surface area contributed by atoms with Crippen LogP contribution in [0.4, 0.5) is 4.39 Å². The first-order chi connectivity index (χ1) is 10.0. The van der Waals surface area contributed by atoms with Crippen LogP contribution in [-0.4, -0.2) is 11.7 Å². The molecule has 1 N–H and O–H groups in total. The Hall–Kier alpha value is -1.39. The van der Waals surface area contributed by atoms with E-state index in [9.17, 15) is 9.50 Å². The lowest BCUT2D eigenvalue weighted by Crippen LogP contribution is -2.06. The molecule has 112 valence electrons. The lowest BCUT2D eigenvalue weighted by Gasteiger charge is -2.17. The third-order valence-corrected chi connectivity index (χ3v) is 4.00. The van der Waals surface area contributed by atoms with Crippen LogP contribution in [0.25, 0.3) is 0 Å². The fourth-order valence-corrected chi connectivity index (χ4v) is 2.78. The maximum atomic E-state index is 14.1. The minimum atomic E-state index is -1.04. The zero-order valence-corrected chi connectivity index (χ0v) is 13.7. The average molecular weight is 353 g/mol. The van der Waals surface area contributed by atoms with Crippen LogP contribution >= 0.6 is 15.9 Å². The molecule has 0 saturated heterocycles. The minimum Gasteiger partial charge on any atom is -0.492 e. The van der Waals surface area contributed by atoms with E-state index in [0.717, 1.165) is 12.0 Å². The highest BCUT2D eigenvalue weighted by Crippen LogP contribution is 2.37. The summed E-state index contributed by atoms with van der Waals surface area (Å²) in [5.41, 5.74) is 1.87. The molecule has 0 spiro atoms. The summed E-state index contributed by atoms with van der Waals surface area (Å²) in [6.07, 6.45) is -0.177. The Bertz CT molecular complexity index is 628. The molecule has 1 atom stereocenters. The van der Waals surface area contributed by atoms with Crippen LogP contribution in [0, 0.1) is 12.7 Å². The van der Waals surface area contributed by atoms with Gasteiger partial charge in [-0.1, -0.05) is 36.8 Å². The molecule has 0 aliphatic carbocycles. The molecule has 2 aromatic rings. The van der Waals surface area contributed by atoms with E-state index in [4.69, 9.17) is 4.74 Å². The van der Waals surface area contributed by atoms with Crippen LogP contribution < -0.4 is 4.74 Å². The van der Waals surface area contributed by atoms with E-state index in [0.29, 0.717) is 22.4 Å². The summed E-state index contributed by atoms with van der Waals surface area (Å²) >= 11 is 3.35. The highest BCUT2D eigenvalue weighted by atomic mass is 79.9. The van der Waals surface area contributed by atoms with Gasteiger partial charge in [-0.25, -0.2) is 4.39 Å². The molecule has 0 bridgehead atoms. The number of halogens is 2. The zero-order chi connectivity index (χ0) is 15.4. The maximum absolute atomic E-state index is 14.1. The van der Waals surface area contributed by atoms with Gasteiger partial charge in [0.25, 0.3) is 0 Å². The molecular weight excluding hydrogens is 335 g/mol. The molecule has 0 aliphatic heterocycles. The predicted octanol–water partition coefficient (Wildman–Crippen LogP) is 4.77. The van der Waals surface area contributed by atoms with Gasteiger partial charge in [0, 0.05) is 5.56 Å². The Balaban J connectivity index is 2.42. The molecule has 0 aliphatic rings. The Kier molecular flexibility index (Phi) is 5.37. The number of aliphatic hydroxyl groups is 1. The zero-order valence-electron chi connectivity index (χ0n) is 12.1. The van der Waals surface area contributed by atoms with Gasteiger partial charge in [0.05, 0.1) is 11.1 Å². The number of aliphatic hydroxyl groups excluding tert-OH is 1. The monoisotopic (exact) mass is 352 g/mol. The molecule has 0 heterocycles. The second-order valence-corrected chi connectivity index (χ2v) is 5.73. The smallest absolute Gasteiger partial charge is 0.134 e. The largest absolute Gasteiger partial charge is 0.492 e. The molecule has 0 saturated carbocycles. The van der Waals surface area contributed by atoms with E-state index < -0.39 is 11.9 Å². The summed E-state index contributed by atoms with van der Waals surface area (Å²) in [4.78, 5) is 0. The second kappa shape index (κ2) is 7.05. The van der Waals surface area contributed by atoms with Gasteiger partial charge in [-0.2, -0.15) is 0 Å². The number of benzene rings is 2. The molecule has 21 heavy (non-hydrogen) atoms. The minimum absolute atomic E-state index is 0.203. The molecule has 2 nitrogen and oxygen atoms in total. The van der Waals surface area contributed by atoms with Crippen molar-refractivity contribution in [2.24, 2.45) is 0 Å². The van der Waals surface area contributed by atoms with Crippen molar-refractivity contribution in [3.8, 4) is 5.75 Å². The third kappa shape index (κ3) is 3.63. The Morgan fingerprint density at radius 3 is 2.71 bits per heavy atom. The Morgan fingerprint density at radius 2 is 2.05 bits per heavy atom. The first kappa shape index (κ1) is 16.0. The fourth-order valence-electron chi connectivity index (χ4n) is 2.13. The van der Waals surface area contributed by atoms with Crippen molar-refractivity contribution in [1.82, 2.24) is 0 Å². The molecule has 2 aromatic carbocycles. The van der Waals surface area contributed by atoms with Crippen molar-refractivity contribution in [3.63, 3.8) is 0 Å². The highest BCUT2D eigenvalue weighted by molar-refractivity contribution is 9.10. The van der Waals surface area contributed by atoms with Crippen LogP contribution in [0.3, 0.4) is 0 Å². The van der Waals surface area contributed by atoms with Gasteiger partial charge >= 0.3 is 0 Å². The van der Waals surface area contributed by atoms with E-state index in [-0.39, 0.29) is 5.56 Å². The SMILES string of the molecule is CCCOc1ccc(F)c(C(O)c2cccc(C)c2)c1Br. The molecule has 0 amide bonds. The molecular formula is C17H18BrFO2. The first-order valence-corrected chi connectivity index (χ1v) is 7.69. The lowest BCUT2D eigenvalue weighted by atomic mass is 9.99. The third-order valence-electron chi connectivity index (χ3n) is 3.18. The van der Waals surface area contributed by atoms with Gasteiger partial charge in [0.2, 0.25) is 0 Å². The number of hydrogen-bond donors (Lipinski definition) is 1. The normalized spacial score (nSPS) is 12.2. The van der Waals surface area contributed by atoms with Gasteiger partial charge in [-0.3, -0.25) is 0 Å². The van der Waals surface area contributed by atoms with Crippen molar-refractivity contribution < 1.29 is 14.2 Å². The summed E-state index contributed by atoms with van der Waals surface area (Å²) in [6, 6.07) is 10.3. The van der Waals surface area contributed by atoms with Crippen molar-refractivity contribution in [1.29, 1.82) is 0 Å². The van der Waals surface area contributed by atoms with Crippen LogP contribution in [0.2, 0.25) is 0 Å². The molecule has 2 rings (SSSR count). The van der Waals surface area contributed by atoms with E-state index in [1.807, 2.05) is 32.0 Å². The van der Waals surface area contributed by atoms with Crippen molar-refractivity contribution in [2.45, 2.75) is 26.4 Å². The standard InChI is InChI=1S/C17H18BrFO2/c1-3-9-21-14-8-7-13(19)15(16(14)18)17(20)12-6-4-5-11(2)10-12/h4-8,10,17,20H,3,9H2,1-2H3. The number of hydrogen-bond acceptors (Lipinski definition) is 2. The topological polar surface area (TPSA) is 29.5 Å². The van der Waals surface area contributed by atoms with Gasteiger partial charge in [-0.05, 0) is 47.0 Å². The number of rotatable bonds is 5. The van der Waals surface area contributed by atoms with E-state index in [1.54, 1.807) is 12.1 Å². The molecule has 4 heteroatoms. The van der Waals surface area contributed by atoms with Gasteiger partial charge in [0.1, 0.15) is 17.7 Å². The van der Waals surface area contributed by atoms with Gasteiger partial charge in [-0.15, -0.1) is 0 Å². The maximum Gasteiger partial charge on any atom is 0.134 e. The van der Waals surface area contributed by atoms with Crippen LogP contribution in [-0.2, 0) is 0 Å². The second-order valence-electron chi connectivity index (χ2n) is 4.94. The van der Waals surface area contributed by atoms with Crippen LogP contribution in [0.5, 0.6) is 5.75 Å². The Labute approximate surface area is 132 Å². The summed E-state index contributed by atoms with van der Waals surface area (Å²) in [5.74, 6) is 0.0830. The van der Waals surface area contributed by atoms with Crippen molar-refractivity contribution >= 4 is 15.9 Å². The first-order valence-electron chi connectivity index (χ1n) is 6.90. The van der Waals surface area contributed by atoms with Gasteiger partial charge < -0.3 is 9.84 Å². The van der Waals surface area contributed by atoms with Crippen LogP contribution in [0.1, 0.15) is 36.1 Å². The van der Waals surface area contributed by atoms with Crippen LogP contribution in [0.15, 0.2) is 40.9 Å². The van der Waals surface area contributed by atoms with Crippen molar-refractivity contribution in [2.75, 3.05) is 6.61 Å². The summed E-state index contributed by atoms with van der Waals surface area (Å²) in [7, 11) is 0. The van der Waals surface area contributed by atoms with Gasteiger partial charge in [0.15, 0.2) is 0 Å². The molecule has 1 unspecified atom stereocenters. The van der Waals surface area contributed by atoms with E-state index in [2.05, 4.69) is 15.9 Å². The molecule has 0 aromatic heterocycles. The van der Waals surface area contributed by atoms with E-state index in [1.165, 1.54) is 6.07 Å². The number of aryl methyl sites for hydroxylation is 1. The summed E-state index contributed by atoms with van der Waals surface area (Å²) in [6.45, 7) is 4.48. The van der Waals surface area contributed by atoms with E-state index >= 15 is 0 Å². The quantitative estimate of drug-likeness (QED) is 0.839. The summed E-state index contributed by atoms with van der Waals surface area (Å²) < 4.78 is 20.2. The molecule has 0 radical (unpaired) electrons.